The summed E-state index contributed by atoms with van der Waals surface area (Å²) < 4.78 is 0. The van der Waals surface area contributed by atoms with E-state index in [1.807, 2.05) is 18.2 Å². The molecule has 4 atom stereocenters. The summed E-state index contributed by atoms with van der Waals surface area (Å²) in [5.41, 5.74) is -0.535. The zero-order valence-corrected chi connectivity index (χ0v) is 12.5. The van der Waals surface area contributed by atoms with E-state index in [-0.39, 0.29) is 11.8 Å². The molecule has 0 bridgehead atoms. The number of rotatable bonds is 5. The van der Waals surface area contributed by atoms with Crippen LogP contribution in [0.4, 0.5) is 0 Å². The second-order valence-electron chi connectivity index (χ2n) is 6.18. The molecule has 0 aliphatic heterocycles. The number of carbonyl (C=O) groups is 1. The lowest BCUT2D eigenvalue weighted by atomic mass is 9.65. The van der Waals surface area contributed by atoms with Crippen molar-refractivity contribution >= 4 is 5.97 Å². The highest BCUT2D eigenvalue weighted by atomic mass is 16.4. The second-order valence-corrected chi connectivity index (χ2v) is 6.18. The Morgan fingerprint density at radius 1 is 1.33 bits per heavy atom. The van der Waals surface area contributed by atoms with Crippen LogP contribution in [0.25, 0.3) is 0 Å². The predicted molar refractivity (Wildman–Crippen MR) is 83.1 cm³/mol. The summed E-state index contributed by atoms with van der Waals surface area (Å²) in [6.07, 6.45) is 5.82. The molecule has 114 valence electrons. The van der Waals surface area contributed by atoms with Gasteiger partial charge >= 0.3 is 5.97 Å². The quantitative estimate of drug-likeness (QED) is 0.814. The Labute approximate surface area is 126 Å². The third-order valence-corrected chi connectivity index (χ3v) is 4.84. The predicted octanol–water partition coefficient (Wildman–Crippen LogP) is 3.60. The molecule has 1 aromatic carbocycles. The van der Waals surface area contributed by atoms with Gasteiger partial charge in [0.25, 0.3) is 0 Å². The summed E-state index contributed by atoms with van der Waals surface area (Å²) in [5, 5.41) is 19.7. The van der Waals surface area contributed by atoms with Crippen molar-refractivity contribution in [1.29, 1.82) is 0 Å². The second kappa shape index (κ2) is 6.44. The van der Waals surface area contributed by atoms with Crippen molar-refractivity contribution in [2.75, 3.05) is 0 Å². The normalized spacial score (nSPS) is 26.6. The molecule has 21 heavy (non-hydrogen) atoms. The third kappa shape index (κ3) is 3.18. The van der Waals surface area contributed by atoms with E-state index in [2.05, 4.69) is 18.7 Å². The molecule has 3 heteroatoms. The molecule has 0 aromatic heterocycles. The van der Waals surface area contributed by atoms with Gasteiger partial charge in [0.05, 0.1) is 0 Å². The van der Waals surface area contributed by atoms with Gasteiger partial charge in [0.1, 0.15) is 0 Å². The van der Waals surface area contributed by atoms with Gasteiger partial charge in [-0.15, -0.1) is 6.58 Å². The van der Waals surface area contributed by atoms with Crippen molar-refractivity contribution in [1.82, 2.24) is 0 Å². The van der Waals surface area contributed by atoms with E-state index < -0.39 is 17.5 Å². The first-order valence-corrected chi connectivity index (χ1v) is 7.61. The maximum absolute atomic E-state index is 11.4. The molecule has 1 aliphatic rings. The standard InChI is InChI=1S/C18H24O3/c1-3-16(18(2,21)17(19)20)15-12-8-7-11-14(15)13-9-5-4-6-10-13/h3-6,9-10,14-16,21H,1,7-8,11-12H2,2H3,(H,19,20)/t14-,15+,16?,18?/m0/s1. The fourth-order valence-electron chi connectivity index (χ4n) is 3.67. The van der Waals surface area contributed by atoms with Gasteiger partial charge in [-0.05, 0) is 37.2 Å². The van der Waals surface area contributed by atoms with E-state index in [1.165, 1.54) is 12.5 Å². The van der Waals surface area contributed by atoms with Gasteiger partial charge < -0.3 is 10.2 Å². The SMILES string of the molecule is C=CC([C@@H]1CCCC[C@H]1c1ccccc1)C(C)(O)C(=O)O. The average molecular weight is 288 g/mol. The minimum absolute atomic E-state index is 0.116. The first-order chi connectivity index (χ1) is 9.98. The van der Waals surface area contributed by atoms with Crippen molar-refractivity contribution in [2.45, 2.75) is 44.1 Å². The van der Waals surface area contributed by atoms with Crippen LogP contribution in [0, 0.1) is 11.8 Å². The minimum Gasteiger partial charge on any atom is -0.479 e. The fourth-order valence-corrected chi connectivity index (χ4v) is 3.67. The van der Waals surface area contributed by atoms with Gasteiger partial charge in [-0.1, -0.05) is 49.2 Å². The zero-order chi connectivity index (χ0) is 15.5. The highest BCUT2D eigenvalue weighted by molar-refractivity contribution is 5.77. The van der Waals surface area contributed by atoms with Crippen molar-refractivity contribution in [3.8, 4) is 0 Å². The molecule has 1 saturated carbocycles. The first-order valence-electron chi connectivity index (χ1n) is 7.61. The number of benzene rings is 1. The average Bonchev–Trinajstić information content (AvgIpc) is 2.49. The molecule has 1 fully saturated rings. The number of carboxylic acid groups (broad SMARTS) is 1. The molecule has 2 rings (SSSR count). The Morgan fingerprint density at radius 2 is 1.95 bits per heavy atom. The molecule has 0 amide bonds. The van der Waals surface area contributed by atoms with Crippen molar-refractivity contribution < 1.29 is 15.0 Å². The molecule has 3 nitrogen and oxygen atoms in total. The van der Waals surface area contributed by atoms with Crippen molar-refractivity contribution in [3.05, 3.63) is 48.6 Å². The van der Waals surface area contributed by atoms with Crippen LogP contribution in [0.5, 0.6) is 0 Å². The molecule has 2 N–H and O–H groups in total. The van der Waals surface area contributed by atoms with Crippen LogP contribution >= 0.6 is 0 Å². The van der Waals surface area contributed by atoms with Crippen LogP contribution in [0.3, 0.4) is 0 Å². The van der Waals surface area contributed by atoms with Gasteiger partial charge in [-0.25, -0.2) is 4.79 Å². The maximum atomic E-state index is 11.4. The lowest BCUT2D eigenvalue weighted by Gasteiger charge is -2.41. The van der Waals surface area contributed by atoms with Crippen LogP contribution in [-0.4, -0.2) is 21.8 Å². The molecule has 0 spiro atoms. The van der Waals surface area contributed by atoms with Crippen LogP contribution in [0.1, 0.15) is 44.1 Å². The van der Waals surface area contributed by atoms with Gasteiger partial charge in [0, 0.05) is 5.92 Å². The van der Waals surface area contributed by atoms with E-state index in [4.69, 9.17) is 0 Å². The number of carboxylic acids is 1. The summed E-state index contributed by atoms with van der Waals surface area (Å²) in [6, 6.07) is 10.2. The summed E-state index contributed by atoms with van der Waals surface area (Å²) in [5.74, 6) is -1.22. The van der Waals surface area contributed by atoms with E-state index in [0.717, 1.165) is 25.7 Å². The lowest BCUT2D eigenvalue weighted by molar-refractivity contribution is -0.163. The molecular weight excluding hydrogens is 264 g/mol. The minimum atomic E-state index is -1.77. The topological polar surface area (TPSA) is 57.5 Å². The van der Waals surface area contributed by atoms with E-state index in [0.29, 0.717) is 0 Å². The Bertz CT molecular complexity index is 492. The largest absolute Gasteiger partial charge is 0.479 e. The summed E-state index contributed by atoms with van der Waals surface area (Å²) in [7, 11) is 0. The molecule has 0 saturated heterocycles. The Kier molecular flexibility index (Phi) is 4.84. The van der Waals surface area contributed by atoms with E-state index in [1.54, 1.807) is 6.08 Å². The third-order valence-electron chi connectivity index (χ3n) is 4.84. The van der Waals surface area contributed by atoms with Crippen LogP contribution < -0.4 is 0 Å². The first kappa shape index (κ1) is 15.8. The van der Waals surface area contributed by atoms with Crippen molar-refractivity contribution in [3.63, 3.8) is 0 Å². The van der Waals surface area contributed by atoms with Gasteiger partial charge in [0.15, 0.2) is 5.60 Å². The summed E-state index contributed by atoms with van der Waals surface area (Å²) in [4.78, 5) is 11.4. The van der Waals surface area contributed by atoms with Crippen LogP contribution in [0.2, 0.25) is 0 Å². The van der Waals surface area contributed by atoms with E-state index >= 15 is 0 Å². The number of aliphatic carboxylic acids is 1. The van der Waals surface area contributed by atoms with Gasteiger partial charge in [-0.3, -0.25) is 0 Å². The fraction of sp³-hybridized carbons (Fsp3) is 0.500. The lowest BCUT2D eigenvalue weighted by Crippen LogP contribution is -2.47. The Hall–Kier alpha value is -1.61. The summed E-state index contributed by atoms with van der Waals surface area (Å²) >= 11 is 0. The van der Waals surface area contributed by atoms with Crippen LogP contribution in [-0.2, 0) is 4.79 Å². The number of hydrogen-bond acceptors (Lipinski definition) is 2. The van der Waals surface area contributed by atoms with Crippen LogP contribution in [0.15, 0.2) is 43.0 Å². The monoisotopic (exact) mass is 288 g/mol. The molecule has 2 unspecified atom stereocenters. The molecule has 1 aromatic rings. The molecule has 1 aliphatic carbocycles. The van der Waals surface area contributed by atoms with Gasteiger partial charge in [0.2, 0.25) is 0 Å². The Morgan fingerprint density at radius 3 is 2.52 bits per heavy atom. The highest BCUT2D eigenvalue weighted by Crippen LogP contribution is 2.45. The summed E-state index contributed by atoms with van der Waals surface area (Å²) in [6.45, 7) is 5.18. The van der Waals surface area contributed by atoms with E-state index in [9.17, 15) is 15.0 Å². The Balaban J connectivity index is 2.33. The smallest absolute Gasteiger partial charge is 0.336 e. The zero-order valence-electron chi connectivity index (χ0n) is 12.5. The number of hydrogen-bond donors (Lipinski definition) is 2. The molecular formula is C18H24O3. The highest BCUT2D eigenvalue weighted by Gasteiger charge is 2.45. The maximum Gasteiger partial charge on any atom is 0.336 e. The van der Waals surface area contributed by atoms with Gasteiger partial charge in [-0.2, -0.15) is 0 Å². The number of aliphatic hydroxyl groups is 1. The molecule has 0 heterocycles. The van der Waals surface area contributed by atoms with Crippen molar-refractivity contribution in [2.24, 2.45) is 11.8 Å². The molecule has 0 radical (unpaired) electrons.